The predicted molar refractivity (Wildman–Crippen MR) is 78.1 cm³/mol. The Balaban J connectivity index is 2.33. The zero-order valence-electron chi connectivity index (χ0n) is 11.4. The molecule has 0 radical (unpaired) electrons. The minimum atomic E-state index is -0.524. The van der Waals surface area contributed by atoms with Gasteiger partial charge in [0.2, 0.25) is 0 Å². The molecule has 1 nitrogen and oxygen atoms in total. The van der Waals surface area contributed by atoms with Gasteiger partial charge in [0.1, 0.15) is 11.6 Å². The fraction of sp³-hybridized carbons (Fsp3) is 0.250. The molecule has 1 atom stereocenters. The van der Waals surface area contributed by atoms with Crippen molar-refractivity contribution in [1.29, 1.82) is 0 Å². The first-order chi connectivity index (χ1) is 9.51. The molecule has 2 rings (SSSR count). The van der Waals surface area contributed by atoms with Crippen molar-refractivity contribution in [2.24, 2.45) is 0 Å². The molecule has 2 aromatic carbocycles. The number of benzene rings is 2. The summed E-state index contributed by atoms with van der Waals surface area (Å²) in [4.78, 5) is 0. The third kappa shape index (κ3) is 3.35. The normalized spacial score (nSPS) is 12.4. The van der Waals surface area contributed by atoms with Gasteiger partial charge < -0.3 is 5.32 Å². The lowest BCUT2D eigenvalue weighted by Gasteiger charge is -2.18. The number of aryl methyl sites for hydroxylation is 1. The van der Waals surface area contributed by atoms with Gasteiger partial charge in [-0.3, -0.25) is 0 Å². The van der Waals surface area contributed by atoms with E-state index in [1.807, 2.05) is 25.1 Å². The summed E-state index contributed by atoms with van der Waals surface area (Å²) in [5, 5.41) is 3.70. The summed E-state index contributed by atoms with van der Waals surface area (Å²) in [6, 6.07) is 9.34. The largest absolute Gasteiger partial charge is 0.313 e. The van der Waals surface area contributed by atoms with Crippen LogP contribution in [-0.4, -0.2) is 7.05 Å². The second kappa shape index (κ2) is 6.33. The van der Waals surface area contributed by atoms with Crippen molar-refractivity contribution < 1.29 is 8.78 Å². The minimum Gasteiger partial charge on any atom is -0.313 e. The van der Waals surface area contributed by atoms with Crippen LogP contribution >= 0.6 is 11.6 Å². The molecule has 0 fully saturated rings. The van der Waals surface area contributed by atoms with Crippen LogP contribution in [0.1, 0.15) is 22.7 Å². The number of rotatable bonds is 4. The van der Waals surface area contributed by atoms with Crippen molar-refractivity contribution in [3.8, 4) is 0 Å². The molecule has 20 heavy (non-hydrogen) atoms. The van der Waals surface area contributed by atoms with Crippen LogP contribution < -0.4 is 5.32 Å². The van der Waals surface area contributed by atoms with E-state index in [0.29, 0.717) is 5.02 Å². The van der Waals surface area contributed by atoms with Gasteiger partial charge in [0.05, 0.1) is 0 Å². The van der Waals surface area contributed by atoms with E-state index in [1.165, 1.54) is 18.2 Å². The molecule has 0 bridgehead atoms. The summed E-state index contributed by atoms with van der Waals surface area (Å²) in [6.45, 7) is 1.94. The van der Waals surface area contributed by atoms with E-state index in [4.69, 9.17) is 11.6 Å². The fourth-order valence-corrected chi connectivity index (χ4v) is 2.58. The van der Waals surface area contributed by atoms with Gasteiger partial charge in [-0.25, -0.2) is 8.78 Å². The SMILES string of the molecule is CNC(Cc1c(F)cccc1F)c1cc(C)cc(Cl)c1. The first kappa shape index (κ1) is 14.9. The molecule has 0 amide bonds. The van der Waals surface area contributed by atoms with Gasteiger partial charge in [-0.2, -0.15) is 0 Å². The third-order valence-electron chi connectivity index (χ3n) is 3.29. The number of hydrogen-bond donors (Lipinski definition) is 1. The summed E-state index contributed by atoms with van der Waals surface area (Å²) in [7, 11) is 1.76. The van der Waals surface area contributed by atoms with E-state index in [2.05, 4.69) is 5.32 Å². The van der Waals surface area contributed by atoms with E-state index >= 15 is 0 Å². The highest BCUT2D eigenvalue weighted by molar-refractivity contribution is 6.30. The Bertz CT molecular complexity index is 573. The van der Waals surface area contributed by atoms with E-state index < -0.39 is 11.6 Å². The second-order valence-corrected chi connectivity index (χ2v) is 5.24. The van der Waals surface area contributed by atoms with Gasteiger partial charge in [0, 0.05) is 16.6 Å². The van der Waals surface area contributed by atoms with Crippen LogP contribution in [0.5, 0.6) is 0 Å². The predicted octanol–water partition coefficient (Wildman–Crippen LogP) is 4.43. The summed E-state index contributed by atoms with van der Waals surface area (Å²) >= 11 is 6.04. The average Bonchev–Trinajstić information content (AvgIpc) is 2.37. The average molecular weight is 296 g/mol. The second-order valence-electron chi connectivity index (χ2n) is 4.81. The molecule has 0 aromatic heterocycles. The lowest BCUT2D eigenvalue weighted by atomic mass is 9.97. The Morgan fingerprint density at radius 1 is 1.15 bits per heavy atom. The molecule has 0 saturated heterocycles. The third-order valence-corrected chi connectivity index (χ3v) is 3.50. The molecule has 0 heterocycles. The highest BCUT2D eigenvalue weighted by Gasteiger charge is 2.16. The number of likely N-dealkylation sites (N-methyl/N-ethyl adjacent to an activating group) is 1. The summed E-state index contributed by atoms with van der Waals surface area (Å²) in [6.07, 6.45) is 0.231. The van der Waals surface area contributed by atoms with Crippen molar-refractivity contribution in [2.75, 3.05) is 7.05 Å². The molecular weight excluding hydrogens is 280 g/mol. The van der Waals surface area contributed by atoms with Gasteiger partial charge in [0.25, 0.3) is 0 Å². The van der Waals surface area contributed by atoms with Crippen LogP contribution in [0.2, 0.25) is 5.02 Å². The van der Waals surface area contributed by atoms with Crippen molar-refractivity contribution >= 4 is 11.6 Å². The smallest absolute Gasteiger partial charge is 0.129 e. The monoisotopic (exact) mass is 295 g/mol. The number of nitrogens with one attached hydrogen (secondary N) is 1. The number of halogens is 3. The Hall–Kier alpha value is -1.45. The molecule has 0 aliphatic rings. The molecule has 2 aromatic rings. The van der Waals surface area contributed by atoms with E-state index in [0.717, 1.165) is 11.1 Å². The Kier molecular flexibility index (Phi) is 4.73. The van der Waals surface area contributed by atoms with Gasteiger partial charge in [0.15, 0.2) is 0 Å². The van der Waals surface area contributed by atoms with E-state index in [9.17, 15) is 8.78 Å². The van der Waals surface area contributed by atoms with Crippen LogP contribution in [0.25, 0.3) is 0 Å². The Morgan fingerprint density at radius 3 is 2.35 bits per heavy atom. The maximum Gasteiger partial charge on any atom is 0.129 e. The lowest BCUT2D eigenvalue weighted by molar-refractivity contribution is 0.515. The fourth-order valence-electron chi connectivity index (χ4n) is 2.28. The molecule has 0 saturated carbocycles. The highest BCUT2D eigenvalue weighted by Crippen LogP contribution is 2.25. The van der Waals surface area contributed by atoms with Crippen molar-refractivity contribution in [1.82, 2.24) is 5.32 Å². The van der Waals surface area contributed by atoms with E-state index in [1.54, 1.807) is 7.05 Å². The molecule has 0 spiro atoms. The van der Waals surface area contributed by atoms with Gasteiger partial charge in [-0.1, -0.05) is 23.7 Å². The maximum atomic E-state index is 13.7. The molecule has 0 aliphatic heterocycles. The van der Waals surface area contributed by atoms with Crippen LogP contribution in [0.3, 0.4) is 0 Å². The van der Waals surface area contributed by atoms with Gasteiger partial charge >= 0.3 is 0 Å². The number of hydrogen-bond acceptors (Lipinski definition) is 1. The quantitative estimate of drug-likeness (QED) is 0.880. The lowest BCUT2D eigenvalue weighted by Crippen LogP contribution is -2.20. The van der Waals surface area contributed by atoms with Crippen LogP contribution in [-0.2, 0) is 6.42 Å². The van der Waals surface area contributed by atoms with Crippen molar-refractivity contribution in [3.63, 3.8) is 0 Å². The highest BCUT2D eigenvalue weighted by atomic mass is 35.5. The standard InChI is InChI=1S/C16H16ClF2N/c1-10-6-11(8-12(17)7-10)16(20-2)9-13-14(18)4-3-5-15(13)19/h3-8,16,20H,9H2,1-2H3. The van der Waals surface area contributed by atoms with Gasteiger partial charge in [-0.15, -0.1) is 0 Å². The van der Waals surface area contributed by atoms with Crippen LogP contribution in [0.4, 0.5) is 8.78 Å². The molecule has 1 N–H and O–H groups in total. The van der Waals surface area contributed by atoms with E-state index in [-0.39, 0.29) is 18.0 Å². The summed E-state index contributed by atoms with van der Waals surface area (Å²) < 4.78 is 27.5. The van der Waals surface area contributed by atoms with Gasteiger partial charge in [-0.05, 0) is 55.8 Å². The van der Waals surface area contributed by atoms with Crippen LogP contribution in [0.15, 0.2) is 36.4 Å². The van der Waals surface area contributed by atoms with Crippen molar-refractivity contribution in [2.45, 2.75) is 19.4 Å². The minimum absolute atomic E-state index is 0.0875. The summed E-state index contributed by atoms with van der Waals surface area (Å²) in [5.74, 6) is -1.05. The molecule has 106 valence electrons. The topological polar surface area (TPSA) is 12.0 Å². The molecule has 1 unspecified atom stereocenters. The molecular formula is C16H16ClF2N. The Labute approximate surface area is 122 Å². The first-order valence-corrected chi connectivity index (χ1v) is 6.76. The zero-order chi connectivity index (χ0) is 14.7. The summed E-state index contributed by atoms with van der Waals surface area (Å²) in [5.41, 5.74) is 2.02. The van der Waals surface area contributed by atoms with Crippen LogP contribution in [0, 0.1) is 18.6 Å². The molecule has 0 aliphatic carbocycles. The van der Waals surface area contributed by atoms with Crippen molar-refractivity contribution in [3.05, 3.63) is 69.7 Å². The molecule has 4 heteroatoms. The first-order valence-electron chi connectivity index (χ1n) is 6.38. The zero-order valence-corrected chi connectivity index (χ0v) is 12.1. The Morgan fingerprint density at radius 2 is 1.80 bits per heavy atom. The maximum absolute atomic E-state index is 13.7.